The number of nitrogens with one attached hydrogen (secondary N) is 2. The Labute approximate surface area is 155 Å². The Morgan fingerprint density at radius 1 is 1.15 bits per heavy atom. The van der Waals surface area contributed by atoms with Crippen molar-refractivity contribution in [3.63, 3.8) is 0 Å². The molecule has 1 amide bonds. The lowest BCUT2D eigenvalue weighted by Crippen LogP contribution is -2.31. The zero-order chi connectivity index (χ0) is 18.8. The second kappa shape index (κ2) is 6.91. The van der Waals surface area contributed by atoms with E-state index in [1.165, 1.54) is 0 Å². The molecule has 0 unspecified atom stereocenters. The molecule has 0 aliphatic carbocycles. The fraction of sp³-hybridized carbons (Fsp3) is 0.158. The first-order valence-corrected chi connectivity index (χ1v) is 8.43. The number of rotatable bonds is 4. The molecule has 0 fully saturated rings. The van der Waals surface area contributed by atoms with Gasteiger partial charge in [-0.25, -0.2) is 0 Å². The quantitative estimate of drug-likeness (QED) is 0.741. The summed E-state index contributed by atoms with van der Waals surface area (Å²) in [5, 5.41) is 17.9. The van der Waals surface area contributed by atoms with Crippen LogP contribution in [0.15, 0.2) is 65.9 Å². The summed E-state index contributed by atoms with van der Waals surface area (Å²) in [6.07, 6.45) is 0. The number of ether oxygens (including phenoxy) is 1. The van der Waals surface area contributed by atoms with Crippen LogP contribution in [0.5, 0.6) is 5.75 Å². The standard InChI is InChI=1S/C19H18N6O2/c1-12-16(18(26)21-14-6-4-3-5-7-14)17(25-19(20-12)22-23-24-25)13-8-10-15(27-2)11-9-13/h3-11,17H,1-2H3,(H,21,26)(H,20,22,24)/t17-/m1/s1. The van der Waals surface area contributed by atoms with Gasteiger partial charge >= 0.3 is 0 Å². The van der Waals surface area contributed by atoms with Gasteiger partial charge in [0.05, 0.1) is 12.7 Å². The van der Waals surface area contributed by atoms with Crippen LogP contribution in [0.25, 0.3) is 0 Å². The van der Waals surface area contributed by atoms with Crippen LogP contribution in [-0.4, -0.2) is 33.2 Å². The molecule has 8 heteroatoms. The van der Waals surface area contributed by atoms with Gasteiger partial charge in [-0.2, -0.15) is 4.68 Å². The van der Waals surface area contributed by atoms with Crippen LogP contribution >= 0.6 is 0 Å². The number of carbonyl (C=O) groups excluding carboxylic acids is 1. The van der Waals surface area contributed by atoms with Crippen molar-refractivity contribution in [1.82, 2.24) is 20.2 Å². The van der Waals surface area contributed by atoms with Crippen LogP contribution in [-0.2, 0) is 4.79 Å². The van der Waals surface area contributed by atoms with Gasteiger partial charge in [0.2, 0.25) is 5.95 Å². The van der Waals surface area contributed by atoms with Crippen LogP contribution in [0, 0.1) is 0 Å². The Hall–Kier alpha value is -3.68. The second-order valence-electron chi connectivity index (χ2n) is 6.11. The lowest BCUT2D eigenvalue weighted by Gasteiger charge is -2.28. The molecule has 1 aromatic heterocycles. The van der Waals surface area contributed by atoms with Gasteiger partial charge in [0.25, 0.3) is 5.91 Å². The largest absolute Gasteiger partial charge is 0.497 e. The number of hydrogen-bond acceptors (Lipinski definition) is 6. The molecular formula is C19H18N6O2. The number of methoxy groups -OCH3 is 1. The Balaban J connectivity index is 1.75. The molecule has 8 nitrogen and oxygen atoms in total. The number of fused-ring (bicyclic) bond motifs is 1. The molecule has 1 aliphatic heterocycles. The highest BCUT2D eigenvalue weighted by molar-refractivity contribution is 6.05. The van der Waals surface area contributed by atoms with Crippen molar-refractivity contribution >= 4 is 17.5 Å². The molecule has 2 N–H and O–H groups in total. The van der Waals surface area contributed by atoms with Crippen molar-refractivity contribution in [2.45, 2.75) is 13.0 Å². The summed E-state index contributed by atoms with van der Waals surface area (Å²) in [7, 11) is 1.61. The molecule has 2 heterocycles. The van der Waals surface area contributed by atoms with Gasteiger partial charge in [0, 0.05) is 11.4 Å². The van der Waals surface area contributed by atoms with E-state index in [-0.39, 0.29) is 5.91 Å². The number of allylic oxidation sites excluding steroid dienone is 1. The fourth-order valence-corrected chi connectivity index (χ4v) is 3.12. The van der Waals surface area contributed by atoms with Gasteiger partial charge in [-0.3, -0.25) is 4.79 Å². The number of amides is 1. The minimum atomic E-state index is -0.453. The van der Waals surface area contributed by atoms with E-state index in [1.807, 2.05) is 61.5 Å². The molecule has 0 radical (unpaired) electrons. The molecule has 2 aromatic carbocycles. The number of benzene rings is 2. The Morgan fingerprint density at radius 2 is 1.89 bits per heavy atom. The normalized spacial score (nSPS) is 15.7. The predicted molar refractivity (Wildman–Crippen MR) is 100 cm³/mol. The lowest BCUT2D eigenvalue weighted by atomic mass is 9.95. The van der Waals surface area contributed by atoms with Gasteiger partial charge < -0.3 is 15.4 Å². The summed E-state index contributed by atoms with van der Waals surface area (Å²) in [5.74, 6) is 1.01. The topological polar surface area (TPSA) is 94.0 Å². The van der Waals surface area contributed by atoms with Crippen LogP contribution in [0.4, 0.5) is 11.6 Å². The summed E-state index contributed by atoms with van der Waals surface area (Å²) in [6.45, 7) is 1.84. The highest BCUT2D eigenvalue weighted by Crippen LogP contribution is 2.35. The smallest absolute Gasteiger partial charge is 0.255 e. The number of hydrogen-bond donors (Lipinski definition) is 2. The maximum absolute atomic E-state index is 13.1. The Bertz CT molecular complexity index is 995. The van der Waals surface area contributed by atoms with E-state index in [0.717, 1.165) is 17.0 Å². The second-order valence-corrected chi connectivity index (χ2v) is 6.11. The first-order valence-electron chi connectivity index (χ1n) is 8.43. The summed E-state index contributed by atoms with van der Waals surface area (Å²) >= 11 is 0. The van der Waals surface area contributed by atoms with E-state index in [0.29, 0.717) is 17.2 Å². The zero-order valence-corrected chi connectivity index (χ0v) is 14.9. The van der Waals surface area contributed by atoms with E-state index in [1.54, 1.807) is 11.8 Å². The van der Waals surface area contributed by atoms with E-state index in [4.69, 9.17) is 4.74 Å². The highest BCUT2D eigenvalue weighted by Gasteiger charge is 2.34. The van der Waals surface area contributed by atoms with E-state index < -0.39 is 6.04 Å². The molecule has 27 heavy (non-hydrogen) atoms. The van der Waals surface area contributed by atoms with Crippen molar-refractivity contribution < 1.29 is 9.53 Å². The number of para-hydroxylation sites is 1. The molecular weight excluding hydrogens is 344 g/mol. The fourth-order valence-electron chi connectivity index (χ4n) is 3.12. The molecule has 0 bridgehead atoms. The first kappa shape index (κ1) is 16.8. The van der Waals surface area contributed by atoms with E-state index in [2.05, 4.69) is 26.2 Å². The molecule has 4 rings (SSSR count). The molecule has 0 spiro atoms. The van der Waals surface area contributed by atoms with Gasteiger partial charge in [-0.1, -0.05) is 35.4 Å². The van der Waals surface area contributed by atoms with Gasteiger partial charge in [0.1, 0.15) is 11.8 Å². The first-order chi connectivity index (χ1) is 13.2. The van der Waals surface area contributed by atoms with E-state index >= 15 is 0 Å². The number of carbonyl (C=O) groups is 1. The Morgan fingerprint density at radius 3 is 2.59 bits per heavy atom. The number of tetrazole rings is 1. The molecule has 1 atom stereocenters. The third kappa shape index (κ3) is 3.12. The summed E-state index contributed by atoms with van der Waals surface area (Å²) in [4.78, 5) is 13.1. The average Bonchev–Trinajstić information content (AvgIpc) is 3.15. The van der Waals surface area contributed by atoms with Crippen LogP contribution < -0.4 is 15.4 Å². The van der Waals surface area contributed by atoms with Gasteiger partial charge in [0.15, 0.2) is 0 Å². The SMILES string of the molecule is COc1ccc([C@@H]2C(C(=O)Nc3ccccc3)=C(C)Nc3nnnn32)cc1. The van der Waals surface area contributed by atoms with Crippen LogP contribution in [0.1, 0.15) is 18.5 Å². The highest BCUT2D eigenvalue weighted by atomic mass is 16.5. The minimum Gasteiger partial charge on any atom is -0.497 e. The molecule has 0 saturated carbocycles. The summed E-state index contributed by atoms with van der Waals surface area (Å²) in [5.41, 5.74) is 2.84. The van der Waals surface area contributed by atoms with E-state index in [9.17, 15) is 4.79 Å². The lowest BCUT2D eigenvalue weighted by molar-refractivity contribution is -0.113. The molecule has 1 aliphatic rings. The van der Waals surface area contributed by atoms with Crippen molar-refractivity contribution in [2.24, 2.45) is 0 Å². The number of anilines is 2. The monoisotopic (exact) mass is 362 g/mol. The molecule has 3 aromatic rings. The third-order valence-corrected chi connectivity index (χ3v) is 4.42. The van der Waals surface area contributed by atoms with Crippen molar-refractivity contribution in [1.29, 1.82) is 0 Å². The summed E-state index contributed by atoms with van der Waals surface area (Å²) in [6, 6.07) is 16.4. The summed E-state index contributed by atoms with van der Waals surface area (Å²) < 4.78 is 6.84. The van der Waals surface area contributed by atoms with Crippen molar-refractivity contribution in [2.75, 3.05) is 17.7 Å². The zero-order valence-electron chi connectivity index (χ0n) is 14.9. The van der Waals surface area contributed by atoms with Crippen molar-refractivity contribution in [3.8, 4) is 5.75 Å². The average molecular weight is 362 g/mol. The third-order valence-electron chi connectivity index (χ3n) is 4.42. The van der Waals surface area contributed by atoms with Crippen LogP contribution in [0.2, 0.25) is 0 Å². The predicted octanol–water partition coefficient (Wildman–Crippen LogP) is 2.61. The molecule has 0 saturated heterocycles. The van der Waals surface area contributed by atoms with Crippen molar-refractivity contribution in [3.05, 3.63) is 71.4 Å². The Kier molecular flexibility index (Phi) is 4.29. The minimum absolute atomic E-state index is 0.215. The molecule has 136 valence electrons. The van der Waals surface area contributed by atoms with Gasteiger partial charge in [-0.05, 0) is 47.2 Å². The number of nitrogens with zero attached hydrogens (tertiary/aromatic N) is 4. The maximum atomic E-state index is 13.1. The number of aromatic nitrogens is 4. The van der Waals surface area contributed by atoms with Crippen LogP contribution in [0.3, 0.4) is 0 Å². The maximum Gasteiger partial charge on any atom is 0.255 e. The van der Waals surface area contributed by atoms with Gasteiger partial charge in [-0.15, -0.1) is 0 Å².